The largest absolute Gasteiger partial charge is 0.218 e. The van der Waals surface area contributed by atoms with Gasteiger partial charge in [0.1, 0.15) is 0 Å². The van der Waals surface area contributed by atoms with Crippen LogP contribution in [0.15, 0.2) is 24.3 Å². The average Bonchev–Trinajstić information content (AvgIpc) is 2.65. The topological polar surface area (TPSA) is 37.4 Å². The Labute approximate surface area is 104 Å². The molecular formula is C13H19NO2S. The van der Waals surface area contributed by atoms with Crippen LogP contribution < -0.4 is 0 Å². The first-order chi connectivity index (χ1) is 7.97. The van der Waals surface area contributed by atoms with Crippen molar-refractivity contribution in [1.82, 2.24) is 4.31 Å². The summed E-state index contributed by atoms with van der Waals surface area (Å²) in [6.45, 7) is 5.43. The molecule has 0 N–H and O–H groups in total. The number of aryl methyl sites for hydroxylation is 1. The molecule has 94 valence electrons. The second-order valence-corrected chi connectivity index (χ2v) is 6.97. The van der Waals surface area contributed by atoms with Crippen LogP contribution in [0, 0.1) is 12.8 Å². The maximum atomic E-state index is 12.2. The Bertz CT molecular complexity index is 496. The number of sulfonamides is 1. The van der Waals surface area contributed by atoms with Gasteiger partial charge in [0, 0.05) is 13.1 Å². The minimum Gasteiger partial charge on any atom is -0.212 e. The molecule has 1 saturated heterocycles. The Morgan fingerprint density at radius 1 is 1.41 bits per heavy atom. The van der Waals surface area contributed by atoms with E-state index in [4.69, 9.17) is 0 Å². The Morgan fingerprint density at radius 3 is 2.76 bits per heavy atom. The molecule has 1 unspecified atom stereocenters. The van der Waals surface area contributed by atoms with E-state index in [1.165, 1.54) is 0 Å². The highest BCUT2D eigenvalue weighted by molar-refractivity contribution is 7.88. The van der Waals surface area contributed by atoms with E-state index in [9.17, 15) is 8.42 Å². The smallest absolute Gasteiger partial charge is 0.212 e. The van der Waals surface area contributed by atoms with E-state index >= 15 is 0 Å². The zero-order valence-corrected chi connectivity index (χ0v) is 11.2. The number of nitrogens with zero attached hydrogens (tertiary/aromatic N) is 1. The lowest BCUT2D eigenvalue weighted by Gasteiger charge is -2.16. The molecule has 1 aliphatic heterocycles. The maximum absolute atomic E-state index is 12.2. The minimum absolute atomic E-state index is 0.126. The summed E-state index contributed by atoms with van der Waals surface area (Å²) < 4.78 is 26.0. The molecule has 1 heterocycles. The first kappa shape index (κ1) is 12.6. The number of benzene rings is 1. The summed E-state index contributed by atoms with van der Waals surface area (Å²) in [7, 11) is -3.13. The predicted molar refractivity (Wildman–Crippen MR) is 69.2 cm³/mol. The van der Waals surface area contributed by atoms with E-state index in [1.807, 2.05) is 31.2 Å². The Hall–Kier alpha value is -0.870. The van der Waals surface area contributed by atoms with Gasteiger partial charge in [-0.15, -0.1) is 0 Å². The zero-order chi connectivity index (χ0) is 12.5. The molecule has 4 heteroatoms. The SMILES string of the molecule is Cc1cccc(CS(=O)(=O)N2CCC(C)C2)c1. The van der Waals surface area contributed by atoms with Crippen molar-refractivity contribution in [1.29, 1.82) is 0 Å². The quantitative estimate of drug-likeness (QED) is 0.828. The molecular weight excluding hydrogens is 234 g/mol. The summed E-state index contributed by atoms with van der Waals surface area (Å²) in [5.41, 5.74) is 1.98. The lowest BCUT2D eigenvalue weighted by Crippen LogP contribution is -2.29. The van der Waals surface area contributed by atoms with Crippen LogP contribution in [0.5, 0.6) is 0 Å². The van der Waals surface area contributed by atoms with E-state index in [-0.39, 0.29) is 5.75 Å². The molecule has 0 spiro atoms. The molecule has 1 aromatic rings. The van der Waals surface area contributed by atoms with Crippen LogP contribution in [0.25, 0.3) is 0 Å². The second-order valence-electron chi connectivity index (χ2n) is 5.00. The van der Waals surface area contributed by atoms with Gasteiger partial charge in [-0.05, 0) is 24.8 Å². The van der Waals surface area contributed by atoms with Crippen LogP contribution in [-0.2, 0) is 15.8 Å². The molecule has 1 aliphatic rings. The first-order valence-electron chi connectivity index (χ1n) is 6.01. The molecule has 0 saturated carbocycles. The summed E-state index contributed by atoms with van der Waals surface area (Å²) in [6.07, 6.45) is 0.979. The van der Waals surface area contributed by atoms with Crippen LogP contribution in [-0.4, -0.2) is 25.8 Å². The van der Waals surface area contributed by atoms with E-state index in [2.05, 4.69) is 6.92 Å². The number of hydrogen-bond donors (Lipinski definition) is 0. The normalized spacial score (nSPS) is 21.9. The minimum atomic E-state index is -3.13. The molecule has 0 aliphatic carbocycles. The zero-order valence-electron chi connectivity index (χ0n) is 10.4. The van der Waals surface area contributed by atoms with Gasteiger partial charge in [0.15, 0.2) is 0 Å². The fraction of sp³-hybridized carbons (Fsp3) is 0.538. The summed E-state index contributed by atoms with van der Waals surface area (Å²) in [5, 5.41) is 0. The van der Waals surface area contributed by atoms with Crippen LogP contribution in [0.1, 0.15) is 24.5 Å². The van der Waals surface area contributed by atoms with Crippen LogP contribution in [0.3, 0.4) is 0 Å². The molecule has 0 amide bonds. The van der Waals surface area contributed by atoms with Gasteiger partial charge >= 0.3 is 0 Å². The number of hydrogen-bond acceptors (Lipinski definition) is 2. The average molecular weight is 253 g/mol. The van der Waals surface area contributed by atoms with Gasteiger partial charge in [-0.2, -0.15) is 0 Å². The summed E-state index contributed by atoms with van der Waals surface area (Å²) in [6, 6.07) is 7.71. The van der Waals surface area contributed by atoms with Gasteiger partial charge in [0.2, 0.25) is 10.0 Å². The van der Waals surface area contributed by atoms with Gasteiger partial charge in [-0.3, -0.25) is 0 Å². The molecule has 1 fully saturated rings. The van der Waals surface area contributed by atoms with E-state index in [0.717, 1.165) is 17.5 Å². The number of rotatable bonds is 3. The molecule has 1 aromatic carbocycles. The van der Waals surface area contributed by atoms with Crippen LogP contribution >= 0.6 is 0 Å². The van der Waals surface area contributed by atoms with Crippen molar-refractivity contribution >= 4 is 10.0 Å². The third kappa shape index (κ3) is 3.07. The molecule has 2 rings (SSSR count). The molecule has 17 heavy (non-hydrogen) atoms. The second kappa shape index (κ2) is 4.78. The fourth-order valence-corrected chi connectivity index (χ4v) is 3.90. The van der Waals surface area contributed by atoms with Crippen LogP contribution in [0.4, 0.5) is 0 Å². The van der Waals surface area contributed by atoms with Crippen molar-refractivity contribution in [2.45, 2.75) is 26.0 Å². The Balaban J connectivity index is 2.12. The predicted octanol–water partition coefficient (Wildman–Crippen LogP) is 2.17. The maximum Gasteiger partial charge on any atom is 0.218 e. The van der Waals surface area contributed by atoms with E-state index in [1.54, 1.807) is 4.31 Å². The van der Waals surface area contributed by atoms with Gasteiger partial charge in [0.05, 0.1) is 5.75 Å². The van der Waals surface area contributed by atoms with Crippen molar-refractivity contribution in [3.8, 4) is 0 Å². The fourth-order valence-electron chi connectivity index (χ4n) is 2.25. The van der Waals surface area contributed by atoms with Crippen LogP contribution in [0.2, 0.25) is 0 Å². The third-order valence-electron chi connectivity index (χ3n) is 3.21. The summed E-state index contributed by atoms with van der Waals surface area (Å²) in [4.78, 5) is 0. The molecule has 1 atom stereocenters. The summed E-state index contributed by atoms with van der Waals surface area (Å²) in [5.74, 6) is 0.615. The molecule has 0 bridgehead atoms. The summed E-state index contributed by atoms with van der Waals surface area (Å²) >= 11 is 0. The Kier molecular flexibility index (Phi) is 3.54. The van der Waals surface area contributed by atoms with Gasteiger partial charge < -0.3 is 0 Å². The highest BCUT2D eigenvalue weighted by atomic mass is 32.2. The molecule has 3 nitrogen and oxygen atoms in total. The molecule has 0 aromatic heterocycles. The highest BCUT2D eigenvalue weighted by Gasteiger charge is 2.29. The van der Waals surface area contributed by atoms with Crippen molar-refractivity contribution in [2.24, 2.45) is 5.92 Å². The van der Waals surface area contributed by atoms with Crippen molar-refractivity contribution in [2.75, 3.05) is 13.1 Å². The lowest BCUT2D eigenvalue weighted by molar-refractivity contribution is 0.463. The standard InChI is InChI=1S/C13H19NO2S/c1-11-4-3-5-13(8-11)10-17(15,16)14-7-6-12(2)9-14/h3-5,8,12H,6-7,9-10H2,1-2H3. The van der Waals surface area contributed by atoms with Gasteiger partial charge in [0.25, 0.3) is 0 Å². The van der Waals surface area contributed by atoms with Crippen molar-refractivity contribution in [3.63, 3.8) is 0 Å². The monoisotopic (exact) mass is 253 g/mol. The van der Waals surface area contributed by atoms with Gasteiger partial charge in [-0.25, -0.2) is 12.7 Å². The van der Waals surface area contributed by atoms with Crippen molar-refractivity contribution < 1.29 is 8.42 Å². The third-order valence-corrected chi connectivity index (χ3v) is 5.03. The molecule has 0 radical (unpaired) electrons. The highest BCUT2D eigenvalue weighted by Crippen LogP contribution is 2.21. The van der Waals surface area contributed by atoms with Crippen molar-refractivity contribution in [3.05, 3.63) is 35.4 Å². The van der Waals surface area contributed by atoms with Gasteiger partial charge in [-0.1, -0.05) is 36.8 Å². The van der Waals surface area contributed by atoms with E-state index < -0.39 is 10.0 Å². The Morgan fingerprint density at radius 2 is 2.18 bits per heavy atom. The first-order valence-corrected chi connectivity index (χ1v) is 7.61. The van der Waals surface area contributed by atoms with E-state index in [0.29, 0.717) is 19.0 Å². The lowest BCUT2D eigenvalue weighted by atomic mass is 10.2.